The average molecular weight is 341 g/mol. The molecule has 2 rings (SSSR count). The van der Waals surface area contributed by atoms with Crippen molar-refractivity contribution in [1.82, 2.24) is 10.6 Å². The van der Waals surface area contributed by atoms with Gasteiger partial charge in [0.15, 0.2) is 0 Å². The molecular formula is C18H29ClN2O2. The molecule has 1 aliphatic heterocycles. The molecule has 23 heavy (non-hydrogen) atoms. The van der Waals surface area contributed by atoms with Gasteiger partial charge in [0, 0.05) is 18.5 Å². The third kappa shape index (κ3) is 5.20. The Morgan fingerprint density at radius 1 is 1.35 bits per heavy atom. The minimum atomic E-state index is -0.257. The molecule has 1 aromatic rings. The zero-order valence-corrected chi connectivity index (χ0v) is 15.3. The molecule has 0 unspecified atom stereocenters. The SMILES string of the molecule is CCc1ccc(C(C)(C)CNC(=O)[C@H]2NCCO[C@@H]2C)cc1.Cl. The second kappa shape index (κ2) is 8.67. The maximum atomic E-state index is 12.3. The Morgan fingerprint density at radius 3 is 2.57 bits per heavy atom. The summed E-state index contributed by atoms with van der Waals surface area (Å²) in [6.07, 6.45) is 0.962. The third-order valence-corrected chi connectivity index (χ3v) is 4.45. The Labute approximate surface area is 145 Å². The van der Waals surface area contributed by atoms with E-state index >= 15 is 0 Å². The summed E-state index contributed by atoms with van der Waals surface area (Å²) in [4.78, 5) is 12.3. The lowest BCUT2D eigenvalue weighted by molar-refractivity contribution is -0.129. The molecule has 2 N–H and O–H groups in total. The number of halogens is 1. The summed E-state index contributed by atoms with van der Waals surface area (Å²) >= 11 is 0. The highest BCUT2D eigenvalue weighted by Crippen LogP contribution is 2.23. The Morgan fingerprint density at radius 2 is 2.00 bits per heavy atom. The normalized spacial score (nSPS) is 21.4. The van der Waals surface area contributed by atoms with E-state index in [2.05, 4.69) is 55.7 Å². The predicted molar refractivity (Wildman–Crippen MR) is 96.3 cm³/mol. The van der Waals surface area contributed by atoms with Crippen LogP contribution in [0, 0.1) is 0 Å². The van der Waals surface area contributed by atoms with Gasteiger partial charge in [0.05, 0.1) is 12.7 Å². The summed E-state index contributed by atoms with van der Waals surface area (Å²) < 4.78 is 5.53. The molecule has 1 heterocycles. The molecule has 0 bridgehead atoms. The van der Waals surface area contributed by atoms with Gasteiger partial charge in [-0.2, -0.15) is 0 Å². The van der Waals surface area contributed by atoms with Crippen LogP contribution in [0.2, 0.25) is 0 Å². The van der Waals surface area contributed by atoms with E-state index in [0.717, 1.165) is 13.0 Å². The van der Waals surface area contributed by atoms with Crippen molar-refractivity contribution in [3.05, 3.63) is 35.4 Å². The summed E-state index contributed by atoms with van der Waals surface area (Å²) in [5.41, 5.74) is 2.48. The second-order valence-corrected chi connectivity index (χ2v) is 6.66. The number of carbonyl (C=O) groups is 1. The minimum absolute atomic E-state index is 0. The quantitative estimate of drug-likeness (QED) is 0.865. The van der Waals surface area contributed by atoms with Gasteiger partial charge in [0.1, 0.15) is 6.04 Å². The van der Waals surface area contributed by atoms with Gasteiger partial charge in [-0.05, 0) is 24.5 Å². The number of hydrogen-bond donors (Lipinski definition) is 2. The van der Waals surface area contributed by atoms with Gasteiger partial charge in [-0.25, -0.2) is 0 Å². The molecule has 0 saturated carbocycles. The van der Waals surface area contributed by atoms with E-state index in [1.165, 1.54) is 11.1 Å². The maximum absolute atomic E-state index is 12.3. The van der Waals surface area contributed by atoms with Crippen LogP contribution in [-0.2, 0) is 21.4 Å². The van der Waals surface area contributed by atoms with Gasteiger partial charge in [-0.15, -0.1) is 12.4 Å². The molecule has 1 fully saturated rings. The summed E-state index contributed by atoms with van der Waals surface area (Å²) in [5, 5.41) is 6.29. The molecule has 1 saturated heterocycles. The highest BCUT2D eigenvalue weighted by molar-refractivity contribution is 5.85. The molecule has 0 radical (unpaired) electrons. The zero-order chi connectivity index (χ0) is 16.2. The van der Waals surface area contributed by atoms with Crippen LogP contribution in [0.5, 0.6) is 0 Å². The molecule has 1 aromatic carbocycles. The first-order valence-electron chi connectivity index (χ1n) is 8.16. The van der Waals surface area contributed by atoms with Crippen LogP contribution in [0.25, 0.3) is 0 Å². The fourth-order valence-corrected chi connectivity index (χ4v) is 2.74. The van der Waals surface area contributed by atoms with Crippen molar-refractivity contribution < 1.29 is 9.53 Å². The smallest absolute Gasteiger partial charge is 0.239 e. The molecule has 0 aromatic heterocycles. The summed E-state index contributed by atoms with van der Waals surface area (Å²) in [6, 6.07) is 8.40. The molecule has 1 aliphatic rings. The largest absolute Gasteiger partial charge is 0.375 e. The monoisotopic (exact) mass is 340 g/mol. The second-order valence-electron chi connectivity index (χ2n) is 6.66. The fourth-order valence-electron chi connectivity index (χ4n) is 2.74. The van der Waals surface area contributed by atoms with Gasteiger partial charge >= 0.3 is 0 Å². The maximum Gasteiger partial charge on any atom is 0.239 e. The lowest BCUT2D eigenvalue weighted by atomic mass is 9.84. The number of aryl methyl sites for hydroxylation is 1. The van der Waals surface area contributed by atoms with Gasteiger partial charge in [0.25, 0.3) is 0 Å². The highest BCUT2D eigenvalue weighted by atomic mass is 35.5. The zero-order valence-electron chi connectivity index (χ0n) is 14.5. The molecule has 5 heteroatoms. The standard InChI is InChI=1S/C18H28N2O2.ClH/c1-5-14-6-8-15(9-7-14)18(3,4)12-20-17(21)16-13(2)22-11-10-19-16;/h6-9,13,16,19H,5,10-12H2,1-4H3,(H,20,21);1H/t13-,16+;/m1./s1. The molecule has 2 atom stereocenters. The number of benzene rings is 1. The Kier molecular flexibility index (Phi) is 7.52. The lowest BCUT2D eigenvalue weighted by Gasteiger charge is -2.31. The Balaban J connectivity index is 0.00000264. The first kappa shape index (κ1) is 19.9. The number of hydrogen-bond acceptors (Lipinski definition) is 3. The number of amides is 1. The third-order valence-electron chi connectivity index (χ3n) is 4.45. The number of nitrogens with one attached hydrogen (secondary N) is 2. The molecule has 1 amide bonds. The van der Waals surface area contributed by atoms with Crippen LogP contribution >= 0.6 is 12.4 Å². The molecule has 4 nitrogen and oxygen atoms in total. The number of morpholine rings is 1. The van der Waals surface area contributed by atoms with Crippen LogP contribution < -0.4 is 10.6 Å². The molecular weight excluding hydrogens is 312 g/mol. The van der Waals surface area contributed by atoms with E-state index in [1.807, 2.05) is 6.92 Å². The Bertz CT molecular complexity index is 502. The first-order chi connectivity index (χ1) is 10.4. The van der Waals surface area contributed by atoms with Gasteiger partial charge in [0.2, 0.25) is 5.91 Å². The van der Waals surface area contributed by atoms with Crippen molar-refractivity contribution in [1.29, 1.82) is 0 Å². The van der Waals surface area contributed by atoms with Crippen molar-refractivity contribution in [2.45, 2.75) is 51.7 Å². The van der Waals surface area contributed by atoms with Gasteiger partial charge in [-0.3, -0.25) is 4.79 Å². The lowest BCUT2D eigenvalue weighted by Crippen LogP contribution is -2.56. The van der Waals surface area contributed by atoms with E-state index in [1.54, 1.807) is 0 Å². The summed E-state index contributed by atoms with van der Waals surface area (Å²) in [6.45, 7) is 10.4. The van der Waals surface area contributed by atoms with Crippen LogP contribution in [-0.4, -0.2) is 37.7 Å². The minimum Gasteiger partial charge on any atom is -0.375 e. The van der Waals surface area contributed by atoms with Crippen molar-refractivity contribution in [2.24, 2.45) is 0 Å². The van der Waals surface area contributed by atoms with Crippen LogP contribution in [0.1, 0.15) is 38.8 Å². The van der Waals surface area contributed by atoms with E-state index < -0.39 is 0 Å². The van der Waals surface area contributed by atoms with Gasteiger partial charge < -0.3 is 15.4 Å². The average Bonchev–Trinajstić information content (AvgIpc) is 2.53. The van der Waals surface area contributed by atoms with Crippen LogP contribution in [0.3, 0.4) is 0 Å². The van der Waals surface area contributed by atoms with Crippen molar-refractivity contribution in [3.63, 3.8) is 0 Å². The fraction of sp³-hybridized carbons (Fsp3) is 0.611. The van der Waals surface area contributed by atoms with E-state index in [9.17, 15) is 4.79 Å². The van der Waals surface area contributed by atoms with Crippen LogP contribution in [0.4, 0.5) is 0 Å². The highest BCUT2D eigenvalue weighted by Gasteiger charge is 2.30. The van der Waals surface area contributed by atoms with Gasteiger partial charge in [-0.1, -0.05) is 45.0 Å². The summed E-state index contributed by atoms with van der Waals surface area (Å²) in [7, 11) is 0. The van der Waals surface area contributed by atoms with Crippen molar-refractivity contribution in [3.8, 4) is 0 Å². The first-order valence-corrected chi connectivity index (χ1v) is 8.16. The Hall–Kier alpha value is -1.10. The molecule has 130 valence electrons. The topological polar surface area (TPSA) is 50.4 Å². The van der Waals surface area contributed by atoms with Crippen molar-refractivity contribution >= 4 is 18.3 Å². The van der Waals surface area contributed by atoms with E-state index in [4.69, 9.17) is 4.74 Å². The van der Waals surface area contributed by atoms with E-state index in [0.29, 0.717) is 13.2 Å². The van der Waals surface area contributed by atoms with E-state index in [-0.39, 0.29) is 35.9 Å². The predicted octanol–water partition coefficient (Wildman–Crippen LogP) is 2.44. The molecule has 0 spiro atoms. The number of carbonyl (C=O) groups excluding carboxylic acids is 1. The van der Waals surface area contributed by atoms with Crippen molar-refractivity contribution in [2.75, 3.05) is 19.7 Å². The number of rotatable bonds is 5. The van der Waals surface area contributed by atoms with Crippen LogP contribution in [0.15, 0.2) is 24.3 Å². The number of ether oxygens (including phenoxy) is 1. The molecule has 0 aliphatic carbocycles. The summed E-state index contributed by atoms with van der Waals surface area (Å²) in [5.74, 6) is 0.0189.